The molecule has 2 aromatic carbocycles. The van der Waals surface area contributed by atoms with Crippen molar-refractivity contribution < 1.29 is 28.9 Å². The van der Waals surface area contributed by atoms with Gasteiger partial charge in [0.05, 0.1) is 18.7 Å². The first-order valence-electron chi connectivity index (χ1n) is 10.8. The van der Waals surface area contributed by atoms with Gasteiger partial charge in [-0.2, -0.15) is 0 Å². The number of aromatic nitrogens is 1. The van der Waals surface area contributed by atoms with E-state index in [1.54, 1.807) is 68.0 Å². The molecule has 3 heterocycles. The largest absolute Gasteiger partial charge is 0.507 e. The van der Waals surface area contributed by atoms with Gasteiger partial charge in [-0.3, -0.25) is 14.6 Å². The van der Waals surface area contributed by atoms with Crippen LogP contribution < -0.4 is 14.2 Å². The number of aliphatic hydroxyl groups is 1. The number of aliphatic hydroxyl groups excluding tert-OH is 1. The number of likely N-dealkylation sites (tertiary alicyclic amines) is 1. The van der Waals surface area contributed by atoms with Crippen LogP contribution in [0.2, 0.25) is 0 Å². The minimum atomic E-state index is -0.792. The van der Waals surface area contributed by atoms with Crippen LogP contribution in [0.1, 0.15) is 22.7 Å². The van der Waals surface area contributed by atoms with Crippen LogP contribution in [0.25, 0.3) is 5.76 Å². The van der Waals surface area contributed by atoms with E-state index in [9.17, 15) is 14.7 Å². The van der Waals surface area contributed by atoms with Crippen molar-refractivity contribution in [3.05, 3.63) is 89.3 Å². The second-order valence-corrected chi connectivity index (χ2v) is 7.92. The van der Waals surface area contributed by atoms with Crippen LogP contribution >= 0.6 is 0 Å². The van der Waals surface area contributed by atoms with Crippen molar-refractivity contribution in [3.63, 3.8) is 0 Å². The molecule has 3 aromatic rings. The summed E-state index contributed by atoms with van der Waals surface area (Å²) in [7, 11) is 1.56. The van der Waals surface area contributed by atoms with E-state index in [0.29, 0.717) is 41.6 Å². The first-order chi connectivity index (χ1) is 16.6. The standard InChI is InChI=1S/C26H22N2O6/c1-32-19-7-4-17(5-8-19)23-22(24(29)18-6-9-20-21(13-18)34-12-11-33-20)25(30)26(31)28(23)15-16-3-2-10-27-14-16/h2-10,13-14,23,29H,11-12,15H2,1H3/b24-22+/t23-/m0/s1. The number of rotatable bonds is 5. The molecule has 172 valence electrons. The number of ether oxygens (including phenoxy) is 3. The smallest absolute Gasteiger partial charge is 0.295 e. The summed E-state index contributed by atoms with van der Waals surface area (Å²) in [4.78, 5) is 31.9. The average Bonchev–Trinajstić information content (AvgIpc) is 3.13. The fourth-order valence-corrected chi connectivity index (χ4v) is 4.21. The molecule has 1 N–H and O–H groups in total. The first-order valence-corrected chi connectivity index (χ1v) is 10.8. The van der Waals surface area contributed by atoms with E-state index in [-0.39, 0.29) is 17.9 Å². The Bertz CT molecular complexity index is 1270. The lowest BCUT2D eigenvalue weighted by Gasteiger charge is -2.25. The van der Waals surface area contributed by atoms with E-state index in [2.05, 4.69) is 4.98 Å². The normalized spacial score (nSPS) is 18.7. The van der Waals surface area contributed by atoms with E-state index >= 15 is 0 Å². The predicted octanol–water partition coefficient (Wildman–Crippen LogP) is 3.48. The maximum atomic E-state index is 13.2. The Morgan fingerprint density at radius 1 is 1.09 bits per heavy atom. The Morgan fingerprint density at radius 2 is 1.85 bits per heavy atom. The second-order valence-electron chi connectivity index (χ2n) is 7.92. The first kappa shape index (κ1) is 21.5. The number of hydrogen-bond donors (Lipinski definition) is 1. The molecule has 1 atom stereocenters. The molecule has 34 heavy (non-hydrogen) atoms. The third kappa shape index (κ3) is 3.83. The van der Waals surface area contributed by atoms with Crippen molar-refractivity contribution in [2.75, 3.05) is 20.3 Å². The van der Waals surface area contributed by atoms with Gasteiger partial charge in [-0.1, -0.05) is 18.2 Å². The van der Waals surface area contributed by atoms with Gasteiger partial charge in [0.15, 0.2) is 11.5 Å². The summed E-state index contributed by atoms with van der Waals surface area (Å²) in [5.41, 5.74) is 1.81. The van der Waals surface area contributed by atoms with Crippen LogP contribution in [0.5, 0.6) is 17.2 Å². The van der Waals surface area contributed by atoms with Crippen LogP contribution in [0.15, 0.2) is 72.6 Å². The molecule has 0 aliphatic carbocycles. The van der Waals surface area contributed by atoms with Crippen molar-refractivity contribution >= 4 is 17.4 Å². The second kappa shape index (κ2) is 8.90. The molecule has 2 aliphatic heterocycles. The summed E-state index contributed by atoms with van der Waals surface area (Å²) in [5, 5.41) is 11.3. The topological polar surface area (TPSA) is 98.2 Å². The summed E-state index contributed by atoms with van der Waals surface area (Å²) >= 11 is 0. The maximum absolute atomic E-state index is 13.2. The average molecular weight is 458 g/mol. The lowest BCUT2D eigenvalue weighted by Crippen LogP contribution is -2.29. The molecule has 8 heteroatoms. The third-order valence-corrected chi connectivity index (χ3v) is 5.86. The molecular weight excluding hydrogens is 436 g/mol. The van der Waals surface area contributed by atoms with E-state index < -0.39 is 17.7 Å². The van der Waals surface area contributed by atoms with E-state index in [1.165, 1.54) is 4.90 Å². The number of carbonyl (C=O) groups is 2. The fraction of sp³-hybridized carbons (Fsp3) is 0.192. The Hall–Kier alpha value is -4.33. The molecule has 0 bridgehead atoms. The van der Waals surface area contributed by atoms with Crippen molar-refractivity contribution in [1.29, 1.82) is 0 Å². The van der Waals surface area contributed by atoms with Gasteiger partial charge < -0.3 is 24.2 Å². The van der Waals surface area contributed by atoms with Gasteiger partial charge in [-0.25, -0.2) is 0 Å². The number of hydrogen-bond acceptors (Lipinski definition) is 7. The van der Waals surface area contributed by atoms with Crippen molar-refractivity contribution in [1.82, 2.24) is 9.88 Å². The summed E-state index contributed by atoms with van der Waals surface area (Å²) in [6.45, 7) is 0.987. The summed E-state index contributed by atoms with van der Waals surface area (Å²) in [5.74, 6) is -0.0436. The zero-order chi connectivity index (χ0) is 23.7. The third-order valence-electron chi connectivity index (χ3n) is 5.86. The summed E-state index contributed by atoms with van der Waals surface area (Å²) in [6.07, 6.45) is 3.28. The van der Waals surface area contributed by atoms with Gasteiger partial charge in [-0.15, -0.1) is 0 Å². The molecule has 1 amide bonds. The fourth-order valence-electron chi connectivity index (χ4n) is 4.21. The molecule has 0 radical (unpaired) electrons. The summed E-state index contributed by atoms with van der Waals surface area (Å²) in [6, 6.07) is 14.8. The molecule has 1 fully saturated rings. The lowest BCUT2D eigenvalue weighted by molar-refractivity contribution is -0.140. The van der Waals surface area contributed by atoms with E-state index in [1.807, 2.05) is 6.07 Å². The Kier molecular flexibility index (Phi) is 5.63. The number of carbonyl (C=O) groups excluding carboxylic acids is 2. The number of ketones is 1. The van der Waals surface area contributed by atoms with Crippen LogP contribution in [0, 0.1) is 0 Å². The minimum absolute atomic E-state index is 0.00994. The molecule has 0 spiro atoms. The number of benzene rings is 2. The van der Waals surface area contributed by atoms with Gasteiger partial charge >= 0.3 is 0 Å². The zero-order valence-electron chi connectivity index (χ0n) is 18.4. The number of pyridine rings is 1. The molecule has 8 nitrogen and oxygen atoms in total. The highest BCUT2D eigenvalue weighted by molar-refractivity contribution is 6.46. The highest BCUT2D eigenvalue weighted by atomic mass is 16.6. The zero-order valence-corrected chi connectivity index (χ0v) is 18.4. The number of Topliss-reactive ketones (excluding diaryl/α,β-unsaturated/α-hetero) is 1. The van der Waals surface area contributed by atoms with Crippen LogP contribution in [-0.2, 0) is 16.1 Å². The monoisotopic (exact) mass is 458 g/mol. The van der Waals surface area contributed by atoms with Crippen LogP contribution in [0.4, 0.5) is 0 Å². The number of methoxy groups -OCH3 is 1. The Morgan fingerprint density at radius 3 is 2.56 bits per heavy atom. The molecule has 0 unspecified atom stereocenters. The van der Waals surface area contributed by atoms with Crippen molar-refractivity contribution in [2.45, 2.75) is 12.6 Å². The van der Waals surface area contributed by atoms with Gasteiger partial charge in [0.1, 0.15) is 24.7 Å². The van der Waals surface area contributed by atoms with E-state index in [4.69, 9.17) is 14.2 Å². The number of amides is 1. The number of fused-ring (bicyclic) bond motifs is 1. The Balaban J connectivity index is 1.62. The van der Waals surface area contributed by atoms with Crippen molar-refractivity contribution in [3.8, 4) is 17.2 Å². The Labute approximate surface area is 196 Å². The van der Waals surface area contributed by atoms with Crippen molar-refractivity contribution in [2.24, 2.45) is 0 Å². The number of nitrogens with zero attached hydrogens (tertiary/aromatic N) is 2. The highest BCUT2D eigenvalue weighted by Crippen LogP contribution is 2.42. The molecular formula is C26H22N2O6. The molecule has 1 saturated heterocycles. The molecule has 5 rings (SSSR count). The molecule has 1 aromatic heterocycles. The van der Waals surface area contributed by atoms with E-state index in [0.717, 1.165) is 5.56 Å². The quantitative estimate of drug-likeness (QED) is 0.355. The van der Waals surface area contributed by atoms with Gasteiger partial charge in [0, 0.05) is 24.5 Å². The minimum Gasteiger partial charge on any atom is -0.507 e. The summed E-state index contributed by atoms with van der Waals surface area (Å²) < 4.78 is 16.4. The van der Waals surface area contributed by atoms with Crippen LogP contribution in [-0.4, -0.2) is 47.0 Å². The molecule has 0 saturated carbocycles. The molecule has 2 aliphatic rings. The van der Waals surface area contributed by atoms with Gasteiger partial charge in [0.25, 0.3) is 11.7 Å². The SMILES string of the molecule is COc1ccc([C@H]2/C(=C(\O)c3ccc4c(c3)OCCO4)C(=O)C(=O)N2Cc2cccnc2)cc1. The highest BCUT2D eigenvalue weighted by Gasteiger charge is 2.46. The van der Waals surface area contributed by atoms with Gasteiger partial charge in [0.2, 0.25) is 0 Å². The maximum Gasteiger partial charge on any atom is 0.295 e. The van der Waals surface area contributed by atoms with Gasteiger partial charge in [-0.05, 0) is 47.5 Å². The predicted molar refractivity (Wildman–Crippen MR) is 123 cm³/mol. The van der Waals surface area contributed by atoms with Crippen LogP contribution in [0.3, 0.4) is 0 Å². The lowest BCUT2D eigenvalue weighted by atomic mass is 9.95.